The van der Waals surface area contributed by atoms with E-state index < -0.39 is 0 Å². The van der Waals surface area contributed by atoms with E-state index in [4.69, 9.17) is 0 Å². The third-order valence-corrected chi connectivity index (χ3v) is 5.19. The van der Waals surface area contributed by atoms with Gasteiger partial charge in [0.05, 0.1) is 10.9 Å². The molecule has 4 nitrogen and oxygen atoms in total. The van der Waals surface area contributed by atoms with Crippen LogP contribution in [0.1, 0.15) is 38.3 Å². The first-order valence-electron chi connectivity index (χ1n) is 9.80. The first kappa shape index (κ1) is 19.5. The van der Waals surface area contributed by atoms with Gasteiger partial charge in [-0.3, -0.25) is 9.59 Å². The van der Waals surface area contributed by atoms with E-state index in [9.17, 15) is 9.59 Å². The molecular weight excluding hydrogens is 372 g/mol. The number of hydrogen-bond donors (Lipinski definition) is 0. The fraction of sp³-hybridized carbons (Fsp3) is 0.115. The topological polar surface area (TPSA) is 52.0 Å². The third kappa shape index (κ3) is 3.72. The first-order valence-corrected chi connectivity index (χ1v) is 9.80. The van der Waals surface area contributed by atoms with Gasteiger partial charge in [-0.25, -0.2) is 4.98 Å². The average Bonchev–Trinajstić information content (AvgIpc) is 2.76. The standard InChI is InChI=1S/C26H22N2O2/c1-4-19-8-10-20(11-9-19)15-28-16-23(24(29)21-12-5-17(2)6-13-21)25(30)22-14-7-18(3)27-26(22)28/h4-14,16H,1,15H2,2-3H3. The van der Waals surface area contributed by atoms with Crippen LogP contribution >= 0.6 is 0 Å². The molecule has 0 amide bonds. The summed E-state index contributed by atoms with van der Waals surface area (Å²) in [6.45, 7) is 8.13. The Morgan fingerprint density at radius 2 is 1.70 bits per heavy atom. The minimum absolute atomic E-state index is 0.153. The molecule has 30 heavy (non-hydrogen) atoms. The van der Waals surface area contributed by atoms with Crippen molar-refractivity contribution < 1.29 is 4.79 Å². The molecule has 0 unspecified atom stereocenters. The summed E-state index contributed by atoms with van der Waals surface area (Å²) in [6, 6.07) is 18.8. The van der Waals surface area contributed by atoms with E-state index in [0.29, 0.717) is 23.1 Å². The van der Waals surface area contributed by atoms with E-state index >= 15 is 0 Å². The Morgan fingerprint density at radius 3 is 2.37 bits per heavy atom. The van der Waals surface area contributed by atoms with Crippen LogP contribution in [0.25, 0.3) is 17.1 Å². The summed E-state index contributed by atoms with van der Waals surface area (Å²) in [5, 5.41) is 0.446. The van der Waals surface area contributed by atoms with Crippen LogP contribution in [0.2, 0.25) is 0 Å². The molecule has 0 fully saturated rings. The molecule has 0 aliphatic heterocycles. The van der Waals surface area contributed by atoms with Crippen molar-refractivity contribution in [2.24, 2.45) is 0 Å². The number of aryl methyl sites for hydroxylation is 2. The summed E-state index contributed by atoms with van der Waals surface area (Å²) < 4.78 is 1.88. The molecule has 0 atom stereocenters. The second-order valence-electron chi connectivity index (χ2n) is 7.46. The van der Waals surface area contributed by atoms with Gasteiger partial charge in [0.25, 0.3) is 0 Å². The maximum Gasteiger partial charge on any atom is 0.202 e. The molecule has 0 bridgehead atoms. The van der Waals surface area contributed by atoms with Crippen molar-refractivity contribution in [3.63, 3.8) is 0 Å². The van der Waals surface area contributed by atoms with Crippen molar-refractivity contribution in [3.8, 4) is 0 Å². The molecule has 4 aromatic rings. The molecule has 0 saturated carbocycles. The Balaban J connectivity index is 1.87. The van der Waals surface area contributed by atoms with Gasteiger partial charge in [0.15, 0.2) is 5.78 Å². The van der Waals surface area contributed by atoms with Gasteiger partial charge in [-0.1, -0.05) is 66.7 Å². The quantitative estimate of drug-likeness (QED) is 0.451. The van der Waals surface area contributed by atoms with Gasteiger partial charge in [-0.2, -0.15) is 0 Å². The normalized spacial score (nSPS) is 10.9. The van der Waals surface area contributed by atoms with Gasteiger partial charge in [0.2, 0.25) is 5.43 Å². The molecular formula is C26H22N2O2. The van der Waals surface area contributed by atoms with E-state index in [2.05, 4.69) is 11.6 Å². The Hall–Kier alpha value is -3.79. The number of carbonyl (C=O) groups excluding carboxylic acids is 1. The van der Waals surface area contributed by atoms with Crippen LogP contribution in [0, 0.1) is 13.8 Å². The van der Waals surface area contributed by atoms with Crippen LogP contribution in [0.3, 0.4) is 0 Å². The monoisotopic (exact) mass is 394 g/mol. The summed E-state index contributed by atoms with van der Waals surface area (Å²) in [5.41, 5.74) is 4.89. The second-order valence-corrected chi connectivity index (χ2v) is 7.46. The highest BCUT2D eigenvalue weighted by Crippen LogP contribution is 2.16. The number of ketones is 1. The molecule has 2 aromatic carbocycles. The number of nitrogens with zero attached hydrogens (tertiary/aromatic N) is 2. The second kappa shape index (κ2) is 7.91. The Bertz CT molecular complexity index is 1310. The zero-order valence-corrected chi connectivity index (χ0v) is 17.1. The maximum absolute atomic E-state index is 13.1. The molecule has 2 heterocycles. The van der Waals surface area contributed by atoms with Gasteiger partial charge in [0, 0.05) is 24.0 Å². The smallest absolute Gasteiger partial charge is 0.202 e. The summed E-state index contributed by atoms with van der Waals surface area (Å²) >= 11 is 0. The average molecular weight is 394 g/mol. The predicted octanol–water partition coefficient (Wildman–Crippen LogP) is 4.94. The fourth-order valence-corrected chi connectivity index (χ4v) is 3.46. The zero-order valence-electron chi connectivity index (χ0n) is 17.1. The van der Waals surface area contributed by atoms with E-state index in [-0.39, 0.29) is 16.8 Å². The summed E-state index contributed by atoms with van der Waals surface area (Å²) in [6.07, 6.45) is 3.43. The van der Waals surface area contributed by atoms with Gasteiger partial charge in [0.1, 0.15) is 5.65 Å². The van der Waals surface area contributed by atoms with E-state index in [1.54, 1.807) is 36.5 Å². The molecule has 2 aromatic heterocycles. The number of carbonyl (C=O) groups is 1. The van der Waals surface area contributed by atoms with Crippen LogP contribution in [0.4, 0.5) is 0 Å². The van der Waals surface area contributed by atoms with Crippen LogP contribution < -0.4 is 5.43 Å². The van der Waals surface area contributed by atoms with Crippen LogP contribution in [-0.4, -0.2) is 15.3 Å². The number of fused-ring (bicyclic) bond motifs is 1. The van der Waals surface area contributed by atoms with Crippen LogP contribution in [0.15, 0.2) is 78.2 Å². The molecule has 0 aliphatic rings. The van der Waals surface area contributed by atoms with Crippen LogP contribution in [0.5, 0.6) is 0 Å². The number of rotatable bonds is 5. The lowest BCUT2D eigenvalue weighted by Crippen LogP contribution is -2.21. The van der Waals surface area contributed by atoms with E-state index in [1.807, 2.05) is 54.8 Å². The van der Waals surface area contributed by atoms with Gasteiger partial charge < -0.3 is 4.57 Å². The largest absolute Gasteiger partial charge is 0.327 e. The lowest BCUT2D eigenvalue weighted by molar-refractivity contribution is 0.103. The van der Waals surface area contributed by atoms with Gasteiger partial charge >= 0.3 is 0 Å². The van der Waals surface area contributed by atoms with Crippen molar-refractivity contribution >= 4 is 22.9 Å². The van der Waals surface area contributed by atoms with Crippen molar-refractivity contribution in [1.29, 1.82) is 0 Å². The number of hydrogen-bond acceptors (Lipinski definition) is 3. The fourth-order valence-electron chi connectivity index (χ4n) is 3.46. The third-order valence-electron chi connectivity index (χ3n) is 5.19. The highest BCUT2D eigenvalue weighted by molar-refractivity contribution is 6.10. The molecule has 4 heteroatoms. The molecule has 4 rings (SSSR count). The number of pyridine rings is 2. The Morgan fingerprint density at radius 1 is 1.00 bits per heavy atom. The van der Waals surface area contributed by atoms with Gasteiger partial charge in [-0.05, 0) is 37.1 Å². The summed E-state index contributed by atoms with van der Waals surface area (Å²) in [7, 11) is 0. The molecule has 0 saturated heterocycles. The highest BCUT2D eigenvalue weighted by Gasteiger charge is 2.18. The summed E-state index contributed by atoms with van der Waals surface area (Å²) in [5.74, 6) is -0.279. The van der Waals surface area contributed by atoms with Crippen molar-refractivity contribution in [1.82, 2.24) is 9.55 Å². The SMILES string of the molecule is C=Cc1ccc(Cn2cc(C(=O)c3ccc(C)cc3)c(=O)c3ccc(C)nc32)cc1. The lowest BCUT2D eigenvalue weighted by atomic mass is 10.0. The molecule has 0 radical (unpaired) electrons. The summed E-state index contributed by atoms with van der Waals surface area (Å²) in [4.78, 5) is 30.8. The minimum Gasteiger partial charge on any atom is -0.327 e. The maximum atomic E-state index is 13.1. The minimum atomic E-state index is -0.290. The number of aromatic nitrogens is 2. The van der Waals surface area contributed by atoms with E-state index in [1.165, 1.54) is 0 Å². The Labute approximate surface area is 175 Å². The zero-order chi connectivity index (χ0) is 21.3. The first-order chi connectivity index (χ1) is 14.5. The van der Waals surface area contributed by atoms with Crippen molar-refractivity contribution in [2.45, 2.75) is 20.4 Å². The number of benzene rings is 2. The van der Waals surface area contributed by atoms with E-state index in [0.717, 1.165) is 22.4 Å². The molecule has 0 spiro atoms. The molecule has 0 N–H and O–H groups in total. The van der Waals surface area contributed by atoms with Crippen molar-refractivity contribution in [3.05, 3.63) is 117 Å². The molecule has 0 aliphatic carbocycles. The molecule has 148 valence electrons. The van der Waals surface area contributed by atoms with Crippen LogP contribution in [-0.2, 0) is 6.54 Å². The van der Waals surface area contributed by atoms with Crippen molar-refractivity contribution in [2.75, 3.05) is 0 Å². The Kier molecular flexibility index (Phi) is 5.15. The lowest BCUT2D eigenvalue weighted by Gasteiger charge is -2.13. The highest BCUT2D eigenvalue weighted by atomic mass is 16.1. The predicted molar refractivity (Wildman–Crippen MR) is 121 cm³/mol. The van der Waals surface area contributed by atoms with Gasteiger partial charge in [-0.15, -0.1) is 0 Å².